The van der Waals surface area contributed by atoms with Gasteiger partial charge in [-0.1, -0.05) is 20.8 Å². The second-order valence-electron chi connectivity index (χ2n) is 5.39. The quantitative estimate of drug-likeness (QED) is 0.808. The van der Waals surface area contributed by atoms with Gasteiger partial charge in [-0.05, 0) is 27.0 Å². The third-order valence-corrected chi connectivity index (χ3v) is 2.61. The second kappa shape index (κ2) is 3.89. The number of rotatable bonds is 2. The molecule has 3 nitrogen and oxygen atoms in total. The Bertz CT molecular complexity index is 337. The Morgan fingerprint density at radius 1 is 1.13 bits per heavy atom. The molecule has 1 aromatic rings. The van der Waals surface area contributed by atoms with Gasteiger partial charge in [0, 0.05) is 17.3 Å². The largest absolute Gasteiger partial charge is 0.308 e. The number of hydrogen-bond acceptors (Lipinski definition) is 3. The highest BCUT2D eigenvalue weighted by molar-refractivity contribution is 5.15. The molecule has 1 aromatic heterocycles. The van der Waals surface area contributed by atoms with E-state index >= 15 is 0 Å². The maximum Gasteiger partial charge on any atom is 0.147 e. The van der Waals surface area contributed by atoms with Crippen molar-refractivity contribution in [1.29, 1.82) is 0 Å². The van der Waals surface area contributed by atoms with Crippen LogP contribution in [0.2, 0.25) is 0 Å². The van der Waals surface area contributed by atoms with Crippen molar-refractivity contribution in [3.05, 3.63) is 23.8 Å². The van der Waals surface area contributed by atoms with Gasteiger partial charge in [-0.15, -0.1) is 0 Å². The van der Waals surface area contributed by atoms with Crippen LogP contribution >= 0.6 is 0 Å². The number of nitrogens with zero attached hydrogens (tertiary/aromatic N) is 2. The SMILES string of the molecule is CNC(C)(C)c1nccc(C(C)(C)C)n1. The molecule has 1 N–H and O–H groups in total. The topological polar surface area (TPSA) is 37.8 Å². The third kappa shape index (κ3) is 2.75. The highest BCUT2D eigenvalue weighted by atomic mass is 15.0. The Morgan fingerprint density at radius 2 is 1.73 bits per heavy atom. The lowest BCUT2D eigenvalue weighted by molar-refractivity contribution is 0.410. The van der Waals surface area contributed by atoms with Crippen LogP contribution in [0.25, 0.3) is 0 Å². The van der Waals surface area contributed by atoms with E-state index in [1.807, 2.05) is 19.3 Å². The van der Waals surface area contributed by atoms with Crippen LogP contribution in [0.15, 0.2) is 12.3 Å². The van der Waals surface area contributed by atoms with Crippen LogP contribution in [0, 0.1) is 0 Å². The number of nitrogens with one attached hydrogen (secondary N) is 1. The molecule has 0 atom stereocenters. The van der Waals surface area contributed by atoms with E-state index in [4.69, 9.17) is 0 Å². The summed E-state index contributed by atoms with van der Waals surface area (Å²) >= 11 is 0. The van der Waals surface area contributed by atoms with Gasteiger partial charge in [0.05, 0.1) is 5.54 Å². The minimum absolute atomic E-state index is 0.0709. The van der Waals surface area contributed by atoms with Gasteiger partial charge in [0.15, 0.2) is 0 Å². The van der Waals surface area contributed by atoms with Gasteiger partial charge in [0.1, 0.15) is 5.82 Å². The zero-order valence-electron chi connectivity index (χ0n) is 10.5. The van der Waals surface area contributed by atoms with Gasteiger partial charge < -0.3 is 5.32 Å². The van der Waals surface area contributed by atoms with E-state index in [1.165, 1.54) is 0 Å². The van der Waals surface area contributed by atoms with Gasteiger partial charge in [-0.2, -0.15) is 0 Å². The molecule has 0 aliphatic rings. The summed E-state index contributed by atoms with van der Waals surface area (Å²) in [6.45, 7) is 10.6. The third-order valence-electron chi connectivity index (χ3n) is 2.61. The highest BCUT2D eigenvalue weighted by Gasteiger charge is 2.23. The fraction of sp³-hybridized carbons (Fsp3) is 0.667. The normalized spacial score (nSPS) is 12.9. The second-order valence-corrected chi connectivity index (χ2v) is 5.39. The van der Waals surface area contributed by atoms with Gasteiger partial charge in [-0.25, -0.2) is 9.97 Å². The Morgan fingerprint density at radius 3 is 2.20 bits per heavy atom. The summed E-state index contributed by atoms with van der Waals surface area (Å²) in [5.74, 6) is 0.845. The maximum absolute atomic E-state index is 4.61. The van der Waals surface area contributed by atoms with E-state index < -0.39 is 0 Å². The standard InChI is InChI=1S/C12H21N3/c1-11(2,3)9-7-8-14-10(15-9)12(4,5)13-6/h7-8,13H,1-6H3. The number of hydrogen-bond donors (Lipinski definition) is 1. The molecule has 3 heteroatoms. The Labute approximate surface area is 92.3 Å². The van der Waals surface area contributed by atoms with Crippen molar-refractivity contribution in [3.63, 3.8) is 0 Å². The predicted molar refractivity (Wildman–Crippen MR) is 62.8 cm³/mol. The van der Waals surface area contributed by atoms with Crippen LogP contribution < -0.4 is 5.32 Å². The van der Waals surface area contributed by atoms with E-state index in [0.29, 0.717) is 0 Å². The van der Waals surface area contributed by atoms with Gasteiger partial charge in [0.25, 0.3) is 0 Å². The molecule has 0 amide bonds. The first-order chi connectivity index (χ1) is 6.77. The first-order valence-corrected chi connectivity index (χ1v) is 5.30. The van der Waals surface area contributed by atoms with Gasteiger partial charge >= 0.3 is 0 Å². The van der Waals surface area contributed by atoms with Crippen LogP contribution in [0.1, 0.15) is 46.1 Å². The molecule has 0 saturated carbocycles. The molecule has 15 heavy (non-hydrogen) atoms. The van der Waals surface area contributed by atoms with Crippen molar-refractivity contribution in [3.8, 4) is 0 Å². The van der Waals surface area contributed by atoms with Gasteiger partial charge in [-0.3, -0.25) is 0 Å². The molecule has 0 bridgehead atoms. The molecule has 0 unspecified atom stereocenters. The molecule has 0 spiro atoms. The Hall–Kier alpha value is -0.960. The summed E-state index contributed by atoms with van der Waals surface area (Å²) in [5, 5.41) is 3.21. The van der Waals surface area contributed by atoms with Crippen molar-refractivity contribution >= 4 is 0 Å². The Balaban J connectivity index is 3.14. The minimum atomic E-state index is -0.179. The summed E-state index contributed by atoms with van der Waals surface area (Å²) in [4.78, 5) is 8.93. The predicted octanol–water partition coefficient (Wildman–Crippen LogP) is 2.23. The molecular formula is C12H21N3. The molecule has 0 radical (unpaired) electrons. The lowest BCUT2D eigenvalue weighted by Gasteiger charge is -2.25. The fourth-order valence-corrected chi connectivity index (χ4v) is 1.19. The first-order valence-electron chi connectivity index (χ1n) is 5.30. The average molecular weight is 207 g/mol. The maximum atomic E-state index is 4.61. The van der Waals surface area contributed by atoms with Crippen molar-refractivity contribution in [2.24, 2.45) is 0 Å². The lowest BCUT2D eigenvalue weighted by atomic mass is 9.91. The molecule has 1 rings (SSSR count). The fourth-order valence-electron chi connectivity index (χ4n) is 1.19. The summed E-state index contributed by atoms with van der Waals surface area (Å²) in [6.07, 6.45) is 1.84. The van der Waals surface area contributed by atoms with Crippen molar-refractivity contribution in [1.82, 2.24) is 15.3 Å². The van der Waals surface area contributed by atoms with Crippen LogP contribution in [0.3, 0.4) is 0 Å². The van der Waals surface area contributed by atoms with Crippen molar-refractivity contribution < 1.29 is 0 Å². The summed E-state index contributed by atoms with van der Waals surface area (Å²) in [6, 6.07) is 1.98. The lowest BCUT2D eigenvalue weighted by Crippen LogP contribution is -2.36. The first kappa shape index (κ1) is 12.1. The van der Waals surface area contributed by atoms with E-state index in [-0.39, 0.29) is 11.0 Å². The van der Waals surface area contributed by atoms with E-state index in [9.17, 15) is 0 Å². The monoisotopic (exact) mass is 207 g/mol. The molecule has 0 aromatic carbocycles. The highest BCUT2D eigenvalue weighted by Crippen LogP contribution is 2.22. The molecule has 84 valence electrons. The molecule has 1 heterocycles. The molecule has 0 aliphatic heterocycles. The van der Waals surface area contributed by atoms with Crippen molar-refractivity contribution in [2.45, 2.75) is 45.6 Å². The zero-order valence-corrected chi connectivity index (χ0v) is 10.5. The minimum Gasteiger partial charge on any atom is -0.308 e. The molecule has 0 fully saturated rings. The average Bonchev–Trinajstić information content (AvgIpc) is 2.17. The van der Waals surface area contributed by atoms with E-state index in [0.717, 1.165) is 11.5 Å². The van der Waals surface area contributed by atoms with Crippen molar-refractivity contribution in [2.75, 3.05) is 7.05 Å². The van der Waals surface area contributed by atoms with E-state index in [2.05, 4.69) is 49.9 Å². The molecule has 0 aliphatic carbocycles. The van der Waals surface area contributed by atoms with Crippen LogP contribution in [-0.2, 0) is 11.0 Å². The molecular weight excluding hydrogens is 186 g/mol. The number of aromatic nitrogens is 2. The van der Waals surface area contributed by atoms with Crippen LogP contribution in [0.4, 0.5) is 0 Å². The zero-order chi connectivity index (χ0) is 11.7. The summed E-state index contributed by atoms with van der Waals surface area (Å²) in [5.41, 5.74) is 0.971. The summed E-state index contributed by atoms with van der Waals surface area (Å²) < 4.78 is 0. The summed E-state index contributed by atoms with van der Waals surface area (Å²) in [7, 11) is 1.92. The van der Waals surface area contributed by atoms with Crippen LogP contribution in [-0.4, -0.2) is 17.0 Å². The Kier molecular flexibility index (Phi) is 3.14. The van der Waals surface area contributed by atoms with Crippen LogP contribution in [0.5, 0.6) is 0 Å². The van der Waals surface area contributed by atoms with E-state index in [1.54, 1.807) is 0 Å². The van der Waals surface area contributed by atoms with Gasteiger partial charge in [0.2, 0.25) is 0 Å². The smallest absolute Gasteiger partial charge is 0.147 e. The molecule has 0 saturated heterocycles.